The minimum absolute atomic E-state index is 0. The minimum Gasteiger partial charge on any atom is -2.00 e. The van der Waals surface area contributed by atoms with Crippen LogP contribution in [0.3, 0.4) is 0 Å². The van der Waals surface area contributed by atoms with Crippen LogP contribution in [0.15, 0.2) is 0 Å². The molecule has 0 heterocycles. The summed E-state index contributed by atoms with van der Waals surface area (Å²) < 4.78 is 28.0. The molecule has 0 bridgehead atoms. The third kappa shape index (κ3) is 16.8. The number of hydrogen-bond donors (Lipinski definition) is 0. The molecular weight excluding hydrogens is 319 g/mol. The second-order valence-electron chi connectivity index (χ2n) is 4.01. The summed E-state index contributed by atoms with van der Waals surface area (Å²) in [6, 6.07) is 0. The number of phosphoric acid groups is 1. The van der Waals surface area contributed by atoms with Gasteiger partial charge >= 0.3 is 29.5 Å². The van der Waals surface area contributed by atoms with Crippen LogP contribution in [0, 0.1) is 0 Å². The molecule has 6 nitrogen and oxygen atoms in total. The molecule has 8 heteroatoms. The summed E-state index contributed by atoms with van der Waals surface area (Å²) in [6.45, 7) is 7.49. The van der Waals surface area contributed by atoms with Crippen molar-refractivity contribution in [2.24, 2.45) is 0 Å². The van der Waals surface area contributed by atoms with Crippen molar-refractivity contribution in [1.29, 1.82) is 0 Å². The largest absolute Gasteiger partial charge is 4.00 e. The normalized spacial score (nSPS) is 10.2. The van der Waals surface area contributed by atoms with Gasteiger partial charge in [-0.1, -0.05) is 40.0 Å². The van der Waals surface area contributed by atoms with Gasteiger partial charge in [-0.05, 0) is 19.3 Å². The minimum atomic E-state index is -3.31. The molecule has 0 aliphatic rings. The van der Waals surface area contributed by atoms with Crippen molar-refractivity contribution in [3.05, 3.63) is 0 Å². The van der Waals surface area contributed by atoms with E-state index in [-0.39, 0.29) is 32.7 Å². The molecule has 0 saturated carbocycles. The zero-order chi connectivity index (χ0) is 13.0. The van der Waals surface area contributed by atoms with Crippen molar-refractivity contribution in [2.45, 2.75) is 59.3 Å². The number of phosphoric ester groups is 1. The fourth-order valence-corrected chi connectivity index (χ4v) is 2.36. The fourth-order valence-electron chi connectivity index (χ4n) is 1.07. The molecule has 0 radical (unpaired) electrons. The smallest absolute Gasteiger partial charge is 2.00 e. The topological polar surface area (TPSA) is 102 Å². The molecule has 0 aliphatic carbocycles. The van der Waals surface area contributed by atoms with E-state index < -0.39 is 7.82 Å². The van der Waals surface area contributed by atoms with E-state index in [1.165, 1.54) is 0 Å². The summed E-state index contributed by atoms with van der Waals surface area (Å²) in [4.78, 5) is 0. The Morgan fingerprint density at radius 2 is 0.950 bits per heavy atom. The molecule has 0 unspecified atom stereocenters. The van der Waals surface area contributed by atoms with Crippen LogP contribution in [0.5, 0.6) is 0 Å². The maximum Gasteiger partial charge on any atom is 4.00 e. The standard InChI is InChI=1S/C12H27O4P.2O.Ti/c1-4-7-10-14-17(13,15-11-8-5-2)16-12-9-6-3;;;/h4-12H2,1-3H3;;;/q;2*-2;+4. The molecule has 20 heavy (non-hydrogen) atoms. The molecule has 0 aromatic heterocycles. The van der Waals surface area contributed by atoms with Gasteiger partial charge < -0.3 is 11.0 Å². The van der Waals surface area contributed by atoms with Crippen LogP contribution in [0.25, 0.3) is 0 Å². The second kappa shape index (κ2) is 19.7. The van der Waals surface area contributed by atoms with Crippen LogP contribution in [-0.2, 0) is 50.8 Å². The van der Waals surface area contributed by atoms with E-state index in [0.29, 0.717) is 19.8 Å². The molecule has 0 atom stereocenters. The van der Waals surface area contributed by atoms with Crippen molar-refractivity contribution in [3.63, 3.8) is 0 Å². The molecule has 0 spiro atoms. The van der Waals surface area contributed by atoms with Crippen LogP contribution in [0.2, 0.25) is 0 Å². The molecule has 0 saturated heterocycles. The first kappa shape index (κ1) is 28.8. The molecular formula is C12H27O6PTi. The van der Waals surface area contributed by atoms with Crippen LogP contribution in [0.4, 0.5) is 0 Å². The molecule has 0 fully saturated rings. The van der Waals surface area contributed by atoms with Gasteiger partial charge in [0.25, 0.3) is 0 Å². The van der Waals surface area contributed by atoms with Crippen molar-refractivity contribution >= 4 is 7.82 Å². The Balaban J connectivity index is -0.000000427. The Kier molecular flexibility index (Phi) is 28.5. The van der Waals surface area contributed by atoms with Crippen molar-refractivity contribution in [3.8, 4) is 0 Å². The SMILES string of the molecule is CCCCOP(=O)(OCCCC)OCCCC.[O-2].[O-2].[Ti+4]. The van der Waals surface area contributed by atoms with E-state index in [4.69, 9.17) is 13.6 Å². The van der Waals surface area contributed by atoms with Gasteiger partial charge in [-0.25, -0.2) is 4.57 Å². The summed E-state index contributed by atoms with van der Waals surface area (Å²) in [5, 5.41) is 0. The quantitative estimate of drug-likeness (QED) is 0.298. The van der Waals surface area contributed by atoms with Gasteiger partial charge in [0.1, 0.15) is 0 Å². The third-order valence-electron chi connectivity index (χ3n) is 2.24. The first-order chi connectivity index (χ1) is 8.18. The monoisotopic (exact) mass is 346 g/mol. The Labute approximate surface area is 138 Å². The first-order valence-corrected chi connectivity index (χ1v) is 8.18. The summed E-state index contributed by atoms with van der Waals surface area (Å²) in [5.74, 6) is 0. The summed E-state index contributed by atoms with van der Waals surface area (Å²) in [5.41, 5.74) is 0. The molecule has 120 valence electrons. The molecule has 0 N–H and O–H groups in total. The number of rotatable bonds is 12. The van der Waals surface area contributed by atoms with Gasteiger partial charge in [-0.15, -0.1) is 0 Å². The van der Waals surface area contributed by atoms with Gasteiger partial charge in [0.15, 0.2) is 0 Å². The Hall–Kier alpha value is 0.744. The Morgan fingerprint density at radius 3 is 1.15 bits per heavy atom. The van der Waals surface area contributed by atoms with Crippen LogP contribution in [-0.4, -0.2) is 19.8 Å². The summed E-state index contributed by atoms with van der Waals surface area (Å²) in [6.07, 6.45) is 5.63. The van der Waals surface area contributed by atoms with E-state index in [0.717, 1.165) is 38.5 Å². The Bertz CT molecular complexity index is 185. The average molecular weight is 346 g/mol. The van der Waals surface area contributed by atoms with Crippen LogP contribution < -0.4 is 0 Å². The number of unbranched alkanes of at least 4 members (excludes halogenated alkanes) is 3. The van der Waals surface area contributed by atoms with E-state index >= 15 is 0 Å². The molecule has 0 aromatic rings. The predicted octanol–water partition coefficient (Wildman–Crippen LogP) is 4.30. The maximum absolute atomic E-state index is 12.2. The summed E-state index contributed by atoms with van der Waals surface area (Å²) in [7, 11) is -3.31. The fraction of sp³-hybridized carbons (Fsp3) is 1.00. The zero-order valence-electron chi connectivity index (χ0n) is 12.8. The zero-order valence-corrected chi connectivity index (χ0v) is 15.2. The van der Waals surface area contributed by atoms with E-state index in [1.54, 1.807) is 0 Å². The second-order valence-corrected chi connectivity index (χ2v) is 5.68. The van der Waals surface area contributed by atoms with Crippen molar-refractivity contribution < 1.29 is 50.8 Å². The van der Waals surface area contributed by atoms with Gasteiger partial charge in [-0.2, -0.15) is 0 Å². The molecule has 0 rings (SSSR count). The van der Waals surface area contributed by atoms with E-state index in [2.05, 4.69) is 20.8 Å². The maximum atomic E-state index is 12.2. The van der Waals surface area contributed by atoms with Gasteiger partial charge in [0, 0.05) is 0 Å². The van der Waals surface area contributed by atoms with Gasteiger partial charge in [0.2, 0.25) is 0 Å². The van der Waals surface area contributed by atoms with Crippen LogP contribution in [0.1, 0.15) is 59.3 Å². The third-order valence-corrected chi connectivity index (χ3v) is 3.74. The number of hydrogen-bond acceptors (Lipinski definition) is 4. The summed E-state index contributed by atoms with van der Waals surface area (Å²) >= 11 is 0. The predicted molar refractivity (Wildman–Crippen MR) is 71.6 cm³/mol. The van der Waals surface area contributed by atoms with Gasteiger partial charge in [-0.3, -0.25) is 13.6 Å². The van der Waals surface area contributed by atoms with E-state index in [9.17, 15) is 4.57 Å². The van der Waals surface area contributed by atoms with E-state index in [1.807, 2.05) is 0 Å². The Morgan fingerprint density at radius 1 is 0.700 bits per heavy atom. The first-order valence-electron chi connectivity index (χ1n) is 6.72. The average Bonchev–Trinajstić information content (AvgIpc) is 2.30. The van der Waals surface area contributed by atoms with Crippen molar-refractivity contribution in [2.75, 3.05) is 19.8 Å². The molecule has 0 aliphatic heterocycles. The van der Waals surface area contributed by atoms with Crippen LogP contribution >= 0.6 is 7.82 Å². The van der Waals surface area contributed by atoms with Gasteiger partial charge in [0.05, 0.1) is 19.8 Å². The van der Waals surface area contributed by atoms with Crippen molar-refractivity contribution in [1.82, 2.24) is 0 Å². The molecule has 0 aromatic carbocycles. The molecule has 0 amide bonds.